The Morgan fingerprint density at radius 2 is 2.05 bits per heavy atom. The maximum absolute atomic E-state index is 11.9. The van der Waals surface area contributed by atoms with E-state index in [0.29, 0.717) is 24.5 Å². The van der Waals surface area contributed by atoms with Crippen LogP contribution in [0.15, 0.2) is 23.1 Å². The second kappa shape index (κ2) is 8.08. The predicted molar refractivity (Wildman–Crippen MR) is 81.3 cm³/mol. The van der Waals surface area contributed by atoms with Crippen LogP contribution in [0.5, 0.6) is 0 Å². The average Bonchev–Trinajstić information content (AvgIpc) is 2.44. The second-order valence-corrected chi connectivity index (χ2v) is 6.21. The van der Waals surface area contributed by atoms with Crippen LogP contribution in [0.4, 0.5) is 11.4 Å². The number of hydrogen-bond donors (Lipinski definition) is 3. The van der Waals surface area contributed by atoms with Gasteiger partial charge in [0, 0.05) is 25.4 Å². The van der Waals surface area contributed by atoms with Gasteiger partial charge in [-0.25, -0.2) is 13.1 Å². The SMILES string of the molecule is CCCOCCCNc1ccc(N)cc1S(=O)(=O)NC. The third-order valence-corrected chi connectivity index (χ3v) is 4.15. The molecule has 0 aromatic heterocycles. The zero-order chi connectivity index (χ0) is 15.0. The number of ether oxygens (including phenoxy) is 1. The Labute approximate surface area is 120 Å². The summed E-state index contributed by atoms with van der Waals surface area (Å²) in [6, 6.07) is 4.79. The molecule has 1 aromatic rings. The first-order valence-electron chi connectivity index (χ1n) is 6.66. The molecule has 0 spiro atoms. The van der Waals surface area contributed by atoms with Gasteiger partial charge in [0.25, 0.3) is 0 Å². The molecule has 20 heavy (non-hydrogen) atoms. The summed E-state index contributed by atoms with van der Waals surface area (Å²) in [4.78, 5) is 0.162. The normalized spacial score (nSPS) is 11.5. The minimum absolute atomic E-state index is 0.162. The van der Waals surface area contributed by atoms with Crippen LogP contribution in [-0.2, 0) is 14.8 Å². The number of rotatable bonds is 9. The van der Waals surface area contributed by atoms with Crippen LogP contribution in [0, 0.1) is 0 Å². The van der Waals surface area contributed by atoms with Gasteiger partial charge in [-0.2, -0.15) is 0 Å². The predicted octanol–water partition coefficient (Wildman–Crippen LogP) is 1.41. The van der Waals surface area contributed by atoms with E-state index in [1.54, 1.807) is 12.1 Å². The molecule has 1 aromatic carbocycles. The van der Waals surface area contributed by atoms with Crippen molar-refractivity contribution in [3.05, 3.63) is 18.2 Å². The van der Waals surface area contributed by atoms with E-state index < -0.39 is 10.0 Å². The number of hydrogen-bond acceptors (Lipinski definition) is 5. The van der Waals surface area contributed by atoms with Crippen molar-refractivity contribution in [2.24, 2.45) is 0 Å². The van der Waals surface area contributed by atoms with Gasteiger partial charge in [0.05, 0.1) is 5.69 Å². The third-order valence-electron chi connectivity index (χ3n) is 2.69. The van der Waals surface area contributed by atoms with Crippen molar-refractivity contribution in [1.29, 1.82) is 0 Å². The Kier molecular flexibility index (Phi) is 6.77. The standard InChI is InChI=1S/C13H23N3O3S/c1-3-8-19-9-4-7-16-12-6-5-11(14)10-13(12)20(17,18)15-2/h5-6,10,15-16H,3-4,7-9,14H2,1-2H3. The summed E-state index contributed by atoms with van der Waals surface area (Å²) in [6.45, 7) is 4.10. The Morgan fingerprint density at radius 1 is 1.30 bits per heavy atom. The molecule has 0 heterocycles. The van der Waals surface area contributed by atoms with Gasteiger partial charge >= 0.3 is 0 Å². The van der Waals surface area contributed by atoms with Crippen LogP contribution in [-0.4, -0.2) is 35.2 Å². The van der Waals surface area contributed by atoms with E-state index in [-0.39, 0.29) is 4.90 Å². The maximum atomic E-state index is 11.9. The van der Waals surface area contributed by atoms with Crippen molar-refractivity contribution in [3.8, 4) is 0 Å². The van der Waals surface area contributed by atoms with Gasteiger partial charge in [0.1, 0.15) is 4.90 Å². The highest BCUT2D eigenvalue weighted by Crippen LogP contribution is 2.23. The highest BCUT2D eigenvalue weighted by atomic mass is 32.2. The topological polar surface area (TPSA) is 93.4 Å². The molecule has 0 aliphatic carbocycles. The molecule has 0 fully saturated rings. The van der Waals surface area contributed by atoms with Gasteiger partial charge in [-0.05, 0) is 38.1 Å². The van der Waals surface area contributed by atoms with Crippen LogP contribution in [0.1, 0.15) is 19.8 Å². The van der Waals surface area contributed by atoms with Crippen LogP contribution in [0.2, 0.25) is 0 Å². The molecule has 0 saturated carbocycles. The van der Waals surface area contributed by atoms with E-state index in [0.717, 1.165) is 19.4 Å². The molecule has 0 amide bonds. The summed E-state index contributed by atoms with van der Waals surface area (Å²) in [5.41, 5.74) is 6.61. The number of nitrogens with two attached hydrogens (primary N) is 1. The first-order valence-corrected chi connectivity index (χ1v) is 8.14. The van der Waals surface area contributed by atoms with E-state index >= 15 is 0 Å². The van der Waals surface area contributed by atoms with Crippen molar-refractivity contribution in [1.82, 2.24) is 4.72 Å². The lowest BCUT2D eigenvalue weighted by molar-refractivity contribution is 0.134. The van der Waals surface area contributed by atoms with Gasteiger partial charge < -0.3 is 15.8 Å². The highest BCUT2D eigenvalue weighted by Gasteiger charge is 2.16. The summed E-state index contributed by atoms with van der Waals surface area (Å²) in [7, 11) is -2.15. The molecule has 7 heteroatoms. The van der Waals surface area contributed by atoms with E-state index in [4.69, 9.17) is 10.5 Å². The average molecular weight is 301 g/mol. The van der Waals surface area contributed by atoms with Crippen molar-refractivity contribution < 1.29 is 13.2 Å². The number of anilines is 2. The molecule has 0 atom stereocenters. The molecule has 0 bridgehead atoms. The summed E-state index contributed by atoms with van der Waals surface area (Å²) in [6.07, 6.45) is 1.80. The fourth-order valence-corrected chi connectivity index (χ4v) is 2.60. The first-order chi connectivity index (χ1) is 9.51. The molecular weight excluding hydrogens is 278 g/mol. The summed E-state index contributed by atoms with van der Waals surface area (Å²) >= 11 is 0. The molecule has 0 radical (unpaired) electrons. The van der Waals surface area contributed by atoms with E-state index in [1.807, 2.05) is 0 Å². The fourth-order valence-electron chi connectivity index (χ4n) is 1.66. The Morgan fingerprint density at radius 3 is 2.70 bits per heavy atom. The number of sulfonamides is 1. The minimum Gasteiger partial charge on any atom is -0.399 e. The van der Waals surface area contributed by atoms with Crippen molar-refractivity contribution in [2.75, 3.05) is 37.9 Å². The van der Waals surface area contributed by atoms with Gasteiger partial charge in [0.2, 0.25) is 10.0 Å². The monoisotopic (exact) mass is 301 g/mol. The van der Waals surface area contributed by atoms with Crippen LogP contribution in [0.3, 0.4) is 0 Å². The maximum Gasteiger partial charge on any atom is 0.242 e. The molecule has 0 aliphatic heterocycles. The Hall–Kier alpha value is -1.31. The number of benzene rings is 1. The molecule has 0 aliphatic rings. The van der Waals surface area contributed by atoms with E-state index in [1.165, 1.54) is 13.1 Å². The molecule has 0 unspecified atom stereocenters. The minimum atomic E-state index is -3.53. The first kappa shape index (κ1) is 16.7. The molecule has 1 rings (SSSR count). The Balaban J connectivity index is 2.66. The third kappa shape index (κ3) is 4.99. The molecule has 6 nitrogen and oxygen atoms in total. The summed E-state index contributed by atoms with van der Waals surface area (Å²) in [5, 5.41) is 3.10. The van der Waals surface area contributed by atoms with Gasteiger partial charge in [-0.1, -0.05) is 6.92 Å². The lowest BCUT2D eigenvalue weighted by atomic mass is 10.3. The lowest BCUT2D eigenvalue weighted by Gasteiger charge is -2.13. The van der Waals surface area contributed by atoms with Gasteiger partial charge in [-0.3, -0.25) is 0 Å². The lowest BCUT2D eigenvalue weighted by Crippen LogP contribution is -2.20. The largest absolute Gasteiger partial charge is 0.399 e. The number of nitrogens with one attached hydrogen (secondary N) is 2. The zero-order valence-corrected chi connectivity index (χ0v) is 12.8. The van der Waals surface area contributed by atoms with Crippen molar-refractivity contribution in [3.63, 3.8) is 0 Å². The smallest absolute Gasteiger partial charge is 0.242 e. The van der Waals surface area contributed by atoms with Crippen molar-refractivity contribution >= 4 is 21.4 Å². The van der Waals surface area contributed by atoms with E-state index in [2.05, 4.69) is 17.0 Å². The molecule has 114 valence electrons. The summed E-state index contributed by atoms with van der Waals surface area (Å²) in [5.74, 6) is 0. The zero-order valence-electron chi connectivity index (χ0n) is 12.0. The molecular formula is C13H23N3O3S. The van der Waals surface area contributed by atoms with Gasteiger partial charge in [0.15, 0.2) is 0 Å². The van der Waals surface area contributed by atoms with Crippen molar-refractivity contribution in [2.45, 2.75) is 24.7 Å². The molecule has 0 saturated heterocycles. The Bertz CT molecular complexity index is 518. The molecule has 4 N–H and O–H groups in total. The number of nitrogen functional groups attached to an aromatic ring is 1. The highest BCUT2D eigenvalue weighted by molar-refractivity contribution is 7.89. The van der Waals surface area contributed by atoms with Gasteiger partial charge in [-0.15, -0.1) is 0 Å². The van der Waals surface area contributed by atoms with Crippen LogP contribution >= 0.6 is 0 Å². The van der Waals surface area contributed by atoms with E-state index in [9.17, 15) is 8.42 Å². The summed E-state index contributed by atoms with van der Waals surface area (Å²) < 4.78 is 31.5. The van der Waals surface area contributed by atoms with Crippen LogP contribution in [0.25, 0.3) is 0 Å². The van der Waals surface area contributed by atoms with Crippen LogP contribution < -0.4 is 15.8 Å². The second-order valence-electron chi connectivity index (χ2n) is 4.36. The quantitative estimate of drug-likeness (QED) is 0.473. The fraction of sp³-hybridized carbons (Fsp3) is 0.538.